The second kappa shape index (κ2) is 5.42. The number of hydrogen-bond acceptors (Lipinski definition) is 3. The van der Waals surface area contributed by atoms with Crippen molar-refractivity contribution in [2.45, 2.75) is 52.0 Å². The number of likely N-dealkylation sites (tertiary alicyclic amines) is 1. The monoisotopic (exact) mass is 282 g/mol. The minimum atomic E-state index is -0.939. The molecule has 2 aliphatic rings. The number of fused-ring (bicyclic) bond motifs is 2. The van der Waals surface area contributed by atoms with Gasteiger partial charge in [0.05, 0.1) is 6.42 Å². The lowest BCUT2D eigenvalue weighted by molar-refractivity contribution is -0.139. The number of carbonyl (C=O) groups excluding carboxylic acids is 2. The lowest BCUT2D eigenvalue weighted by atomic mass is 9.85. The van der Waals surface area contributed by atoms with Gasteiger partial charge in [-0.1, -0.05) is 13.8 Å². The van der Waals surface area contributed by atoms with E-state index in [0.717, 1.165) is 19.4 Å². The molecule has 0 aromatic heterocycles. The Morgan fingerprint density at radius 1 is 1.25 bits per heavy atom. The van der Waals surface area contributed by atoms with Gasteiger partial charge < -0.3 is 10.0 Å². The summed E-state index contributed by atoms with van der Waals surface area (Å²) in [6.45, 7) is 4.16. The number of imide groups is 1. The van der Waals surface area contributed by atoms with Gasteiger partial charge in [-0.15, -0.1) is 0 Å². The number of amides is 3. The topological polar surface area (TPSA) is 86.7 Å². The Balaban J connectivity index is 1.82. The first-order valence-corrected chi connectivity index (χ1v) is 7.09. The van der Waals surface area contributed by atoms with Crippen LogP contribution in [0.15, 0.2) is 0 Å². The average molecular weight is 282 g/mol. The fourth-order valence-electron chi connectivity index (χ4n) is 3.32. The smallest absolute Gasteiger partial charge is 0.324 e. The maximum atomic E-state index is 12.0. The van der Waals surface area contributed by atoms with Crippen molar-refractivity contribution in [2.24, 2.45) is 11.3 Å². The zero-order valence-corrected chi connectivity index (χ0v) is 12.0. The molecular formula is C14H22N2O4. The van der Waals surface area contributed by atoms with Crippen LogP contribution in [-0.4, -0.2) is 40.5 Å². The minimum Gasteiger partial charge on any atom is -0.481 e. The van der Waals surface area contributed by atoms with Gasteiger partial charge in [0.2, 0.25) is 5.91 Å². The van der Waals surface area contributed by atoms with Crippen LogP contribution in [0.25, 0.3) is 0 Å². The van der Waals surface area contributed by atoms with Gasteiger partial charge in [-0.3, -0.25) is 14.9 Å². The van der Waals surface area contributed by atoms with E-state index in [2.05, 4.69) is 5.32 Å². The first-order chi connectivity index (χ1) is 9.27. The maximum Gasteiger partial charge on any atom is 0.324 e. The van der Waals surface area contributed by atoms with Crippen molar-refractivity contribution in [1.29, 1.82) is 0 Å². The van der Waals surface area contributed by atoms with E-state index < -0.39 is 17.3 Å². The summed E-state index contributed by atoms with van der Waals surface area (Å²) >= 11 is 0. The lowest BCUT2D eigenvalue weighted by Crippen LogP contribution is -2.47. The van der Waals surface area contributed by atoms with Crippen LogP contribution in [0, 0.1) is 11.3 Å². The third kappa shape index (κ3) is 3.49. The highest BCUT2D eigenvalue weighted by Gasteiger charge is 2.40. The van der Waals surface area contributed by atoms with Crippen LogP contribution in [0.2, 0.25) is 0 Å². The third-order valence-corrected chi connectivity index (χ3v) is 4.19. The van der Waals surface area contributed by atoms with E-state index in [1.165, 1.54) is 6.42 Å². The highest BCUT2D eigenvalue weighted by atomic mass is 16.4. The van der Waals surface area contributed by atoms with Gasteiger partial charge in [0.1, 0.15) is 0 Å². The van der Waals surface area contributed by atoms with Crippen molar-refractivity contribution in [3.8, 4) is 0 Å². The Kier molecular flexibility index (Phi) is 4.01. The first-order valence-electron chi connectivity index (χ1n) is 7.09. The van der Waals surface area contributed by atoms with Crippen molar-refractivity contribution in [1.82, 2.24) is 10.2 Å². The summed E-state index contributed by atoms with van der Waals surface area (Å²) in [7, 11) is 0. The van der Waals surface area contributed by atoms with Crippen LogP contribution in [-0.2, 0) is 9.59 Å². The normalized spacial score (nSPS) is 24.8. The molecule has 2 fully saturated rings. The van der Waals surface area contributed by atoms with E-state index in [-0.39, 0.29) is 24.9 Å². The molecule has 20 heavy (non-hydrogen) atoms. The van der Waals surface area contributed by atoms with Crippen molar-refractivity contribution in [3.05, 3.63) is 0 Å². The lowest BCUT2D eigenvalue weighted by Gasteiger charge is -2.27. The Labute approximate surface area is 118 Å². The number of carboxylic acids is 1. The fraction of sp³-hybridized carbons (Fsp3) is 0.786. The summed E-state index contributed by atoms with van der Waals surface area (Å²) < 4.78 is 0. The van der Waals surface area contributed by atoms with E-state index in [1.54, 1.807) is 18.7 Å². The van der Waals surface area contributed by atoms with E-state index in [0.29, 0.717) is 5.92 Å². The van der Waals surface area contributed by atoms with Gasteiger partial charge >= 0.3 is 12.0 Å². The summed E-state index contributed by atoms with van der Waals surface area (Å²) in [4.78, 5) is 36.3. The molecule has 2 bridgehead atoms. The summed E-state index contributed by atoms with van der Waals surface area (Å²) in [6, 6.07) is -0.0480. The molecule has 6 nitrogen and oxygen atoms in total. The minimum absolute atomic E-state index is 0.0347. The molecule has 2 unspecified atom stereocenters. The van der Waals surface area contributed by atoms with Gasteiger partial charge in [-0.05, 0) is 30.6 Å². The number of nitrogens with zero attached hydrogens (tertiary/aromatic N) is 1. The second-order valence-electron chi connectivity index (χ2n) is 6.75. The number of nitrogens with one attached hydrogen (secondary N) is 1. The average Bonchev–Trinajstić information content (AvgIpc) is 2.86. The first kappa shape index (κ1) is 14.8. The van der Waals surface area contributed by atoms with Gasteiger partial charge in [0, 0.05) is 19.0 Å². The molecule has 1 aliphatic carbocycles. The number of hydrogen-bond donors (Lipinski definition) is 2. The number of rotatable bonds is 4. The molecule has 1 aliphatic heterocycles. The molecule has 2 atom stereocenters. The van der Waals surface area contributed by atoms with E-state index >= 15 is 0 Å². The Bertz CT molecular complexity index is 433. The highest BCUT2D eigenvalue weighted by molar-refractivity contribution is 5.95. The molecule has 1 heterocycles. The largest absolute Gasteiger partial charge is 0.481 e. The number of aliphatic carboxylic acids is 1. The van der Waals surface area contributed by atoms with E-state index in [4.69, 9.17) is 5.11 Å². The Morgan fingerprint density at radius 3 is 2.45 bits per heavy atom. The predicted molar refractivity (Wildman–Crippen MR) is 72.0 cm³/mol. The number of carbonyl (C=O) groups is 3. The maximum absolute atomic E-state index is 12.0. The van der Waals surface area contributed by atoms with Gasteiger partial charge in [-0.2, -0.15) is 0 Å². The molecule has 2 rings (SSSR count). The number of carboxylic acid groups (broad SMARTS) is 1. The predicted octanol–water partition coefficient (Wildman–Crippen LogP) is 1.60. The van der Waals surface area contributed by atoms with Gasteiger partial charge in [0.15, 0.2) is 0 Å². The molecule has 1 saturated heterocycles. The molecule has 0 spiro atoms. The van der Waals surface area contributed by atoms with Crippen molar-refractivity contribution >= 4 is 17.9 Å². The molecule has 2 N–H and O–H groups in total. The number of piperidine rings is 1. The second-order valence-corrected chi connectivity index (χ2v) is 6.75. The van der Waals surface area contributed by atoms with Gasteiger partial charge in [-0.25, -0.2) is 4.79 Å². The SMILES string of the molecule is CC(C)(CC(=O)O)CC(=O)NC(=O)N1CC2CCC1C2. The molecule has 0 aromatic carbocycles. The molecule has 112 valence electrons. The van der Waals surface area contributed by atoms with E-state index in [1.807, 2.05) is 0 Å². The van der Waals surface area contributed by atoms with Crippen LogP contribution in [0.1, 0.15) is 46.0 Å². The van der Waals surface area contributed by atoms with Gasteiger partial charge in [0.25, 0.3) is 0 Å². The number of urea groups is 1. The summed E-state index contributed by atoms with van der Waals surface area (Å²) in [5, 5.41) is 11.2. The molecule has 6 heteroatoms. The summed E-state index contributed by atoms with van der Waals surface area (Å²) in [6.07, 6.45) is 3.19. The van der Waals surface area contributed by atoms with E-state index in [9.17, 15) is 14.4 Å². The molecule has 3 amide bonds. The van der Waals surface area contributed by atoms with Crippen LogP contribution in [0.4, 0.5) is 4.79 Å². The zero-order chi connectivity index (χ0) is 14.9. The quantitative estimate of drug-likeness (QED) is 0.820. The standard InChI is InChI=1S/C14H22N2O4/c1-14(2,7-12(18)19)6-11(17)15-13(20)16-8-9-3-4-10(16)5-9/h9-10H,3-8H2,1-2H3,(H,18,19)(H,15,17,20). The molecule has 0 radical (unpaired) electrons. The fourth-order valence-corrected chi connectivity index (χ4v) is 3.32. The summed E-state index contributed by atoms with van der Waals surface area (Å²) in [5.74, 6) is -0.751. The van der Waals surface area contributed by atoms with Crippen LogP contribution < -0.4 is 5.32 Å². The van der Waals surface area contributed by atoms with Crippen LogP contribution >= 0.6 is 0 Å². The zero-order valence-electron chi connectivity index (χ0n) is 12.0. The molecule has 0 aromatic rings. The van der Waals surface area contributed by atoms with Crippen LogP contribution in [0.3, 0.4) is 0 Å². The molecular weight excluding hydrogens is 260 g/mol. The van der Waals surface area contributed by atoms with Crippen molar-refractivity contribution in [3.63, 3.8) is 0 Å². The highest BCUT2D eigenvalue weighted by Crippen LogP contribution is 2.37. The Hall–Kier alpha value is -1.59. The summed E-state index contributed by atoms with van der Waals surface area (Å²) in [5.41, 5.74) is -0.653. The van der Waals surface area contributed by atoms with Crippen molar-refractivity contribution < 1.29 is 19.5 Å². The van der Waals surface area contributed by atoms with Crippen LogP contribution in [0.5, 0.6) is 0 Å². The molecule has 1 saturated carbocycles. The Morgan fingerprint density at radius 2 is 1.95 bits per heavy atom. The third-order valence-electron chi connectivity index (χ3n) is 4.19. The van der Waals surface area contributed by atoms with Crippen molar-refractivity contribution in [2.75, 3.05) is 6.54 Å².